The molecule has 3 N–H and O–H groups in total. The van der Waals surface area contributed by atoms with E-state index in [9.17, 15) is 9.59 Å². The first-order valence-electron chi connectivity index (χ1n) is 9.69. The van der Waals surface area contributed by atoms with Gasteiger partial charge in [-0.05, 0) is 49.5 Å². The molecule has 146 valence electrons. The van der Waals surface area contributed by atoms with Gasteiger partial charge in [0.05, 0.1) is 13.5 Å². The van der Waals surface area contributed by atoms with Gasteiger partial charge >= 0.3 is 0 Å². The minimum atomic E-state index is -1.01. The van der Waals surface area contributed by atoms with E-state index in [0.717, 1.165) is 29.1 Å². The first-order valence-corrected chi connectivity index (χ1v) is 9.69. The van der Waals surface area contributed by atoms with Crippen molar-refractivity contribution in [1.82, 2.24) is 5.32 Å². The highest BCUT2D eigenvalue weighted by atomic mass is 16.5. The Labute approximate surface area is 164 Å². The first-order chi connectivity index (χ1) is 13.5. The van der Waals surface area contributed by atoms with Gasteiger partial charge < -0.3 is 15.8 Å². The Hall–Kier alpha value is -2.89. The fourth-order valence-electron chi connectivity index (χ4n) is 4.57. The summed E-state index contributed by atoms with van der Waals surface area (Å²) in [5, 5.41) is 2.98. The number of methoxy groups -OCH3 is 1. The van der Waals surface area contributed by atoms with E-state index in [1.807, 2.05) is 36.4 Å². The van der Waals surface area contributed by atoms with Gasteiger partial charge in [0.2, 0.25) is 11.8 Å². The summed E-state index contributed by atoms with van der Waals surface area (Å²) in [6.45, 7) is 0. The van der Waals surface area contributed by atoms with Gasteiger partial charge in [-0.2, -0.15) is 0 Å². The Balaban J connectivity index is 1.48. The zero-order valence-electron chi connectivity index (χ0n) is 16.0. The molecule has 0 aromatic heterocycles. The second kappa shape index (κ2) is 7.26. The lowest BCUT2D eigenvalue weighted by Crippen LogP contribution is -2.61. The molecule has 0 saturated heterocycles. The zero-order valence-corrected chi connectivity index (χ0v) is 16.0. The molecule has 3 unspecified atom stereocenters. The van der Waals surface area contributed by atoms with E-state index in [4.69, 9.17) is 15.5 Å². The maximum atomic E-state index is 12.7. The van der Waals surface area contributed by atoms with Gasteiger partial charge in [0.1, 0.15) is 11.3 Å². The third kappa shape index (κ3) is 3.35. The van der Waals surface area contributed by atoms with Crippen LogP contribution in [-0.4, -0.2) is 30.2 Å². The molecule has 2 aliphatic carbocycles. The molecular weight excluding hydrogens is 354 g/mol. The molecule has 3 atom stereocenters. The number of nitrogens with one attached hydrogen (secondary N) is 1. The number of primary amides is 1. The second-order valence-electron chi connectivity index (χ2n) is 7.80. The van der Waals surface area contributed by atoms with Crippen LogP contribution in [0.4, 0.5) is 0 Å². The summed E-state index contributed by atoms with van der Waals surface area (Å²) >= 11 is 0. The largest absolute Gasteiger partial charge is 0.497 e. The number of carbonyl (C=O) groups is 2. The van der Waals surface area contributed by atoms with Crippen LogP contribution < -0.4 is 15.8 Å². The van der Waals surface area contributed by atoms with Crippen molar-refractivity contribution in [2.24, 2.45) is 22.6 Å². The summed E-state index contributed by atoms with van der Waals surface area (Å²) < 4.78 is 5.14. The molecule has 0 spiro atoms. The first kappa shape index (κ1) is 18.5. The molecule has 0 bridgehead atoms. The van der Waals surface area contributed by atoms with Crippen LogP contribution in [0.15, 0.2) is 53.2 Å². The summed E-state index contributed by atoms with van der Waals surface area (Å²) in [6, 6.07) is 7.34. The smallest absolute Gasteiger partial charge is 0.243 e. The van der Waals surface area contributed by atoms with Crippen molar-refractivity contribution in [2.75, 3.05) is 7.11 Å². The summed E-state index contributed by atoms with van der Waals surface area (Å²) in [5.41, 5.74) is 7.87. The number of hydrogen-bond donors (Lipinski definition) is 2. The Morgan fingerprint density at radius 3 is 2.79 bits per heavy atom. The van der Waals surface area contributed by atoms with Crippen LogP contribution in [0.2, 0.25) is 0 Å². The molecule has 6 nitrogen and oxygen atoms in total. The lowest BCUT2D eigenvalue weighted by Gasteiger charge is -2.40. The van der Waals surface area contributed by atoms with Crippen molar-refractivity contribution >= 4 is 17.5 Å². The highest BCUT2D eigenvalue weighted by Crippen LogP contribution is 2.45. The Bertz CT molecular complexity index is 885. The molecule has 4 rings (SSSR count). The molecule has 1 saturated carbocycles. The SMILES string of the molecule is COc1ccc(CC(=O)NC2(C(N)=O)CCC3=NC4=CC=CCC4C3C2)cc1. The molecule has 1 aliphatic heterocycles. The Morgan fingerprint density at radius 1 is 1.29 bits per heavy atom. The Morgan fingerprint density at radius 2 is 2.07 bits per heavy atom. The number of rotatable bonds is 5. The predicted octanol–water partition coefficient (Wildman–Crippen LogP) is 2.29. The topological polar surface area (TPSA) is 93.8 Å². The normalized spacial score (nSPS) is 27.9. The quantitative estimate of drug-likeness (QED) is 0.822. The number of aliphatic imine (C=N–C) groups is 1. The number of fused-ring (bicyclic) bond motifs is 3. The van der Waals surface area contributed by atoms with Gasteiger partial charge in [-0.25, -0.2) is 0 Å². The average Bonchev–Trinajstić information content (AvgIpc) is 3.06. The second-order valence-corrected chi connectivity index (χ2v) is 7.80. The van der Waals surface area contributed by atoms with Crippen molar-refractivity contribution in [2.45, 2.75) is 37.6 Å². The molecule has 28 heavy (non-hydrogen) atoms. The van der Waals surface area contributed by atoms with Crippen molar-refractivity contribution < 1.29 is 14.3 Å². The number of nitrogens with two attached hydrogens (primary N) is 1. The van der Waals surface area contributed by atoms with Gasteiger partial charge in [-0.15, -0.1) is 0 Å². The van der Waals surface area contributed by atoms with Crippen LogP contribution in [-0.2, 0) is 16.0 Å². The van der Waals surface area contributed by atoms with E-state index in [1.54, 1.807) is 7.11 Å². The van der Waals surface area contributed by atoms with Gasteiger partial charge in [-0.3, -0.25) is 14.6 Å². The predicted molar refractivity (Wildman–Crippen MR) is 107 cm³/mol. The van der Waals surface area contributed by atoms with Crippen LogP contribution in [0, 0.1) is 11.8 Å². The number of nitrogens with zero attached hydrogens (tertiary/aromatic N) is 1. The van der Waals surface area contributed by atoms with Crippen LogP contribution in [0.25, 0.3) is 0 Å². The molecule has 1 heterocycles. The number of amides is 2. The third-order valence-corrected chi connectivity index (χ3v) is 6.11. The van der Waals surface area contributed by atoms with Gasteiger partial charge in [0.15, 0.2) is 0 Å². The van der Waals surface area contributed by atoms with Crippen molar-refractivity contribution in [3.63, 3.8) is 0 Å². The molecular formula is C22H25N3O3. The van der Waals surface area contributed by atoms with Crippen molar-refractivity contribution in [3.05, 3.63) is 53.8 Å². The molecule has 1 fully saturated rings. The minimum absolute atomic E-state index is 0.165. The molecule has 3 aliphatic rings. The number of ether oxygens (including phenoxy) is 1. The summed E-state index contributed by atoms with van der Waals surface area (Å²) in [5.74, 6) is 0.541. The number of carbonyl (C=O) groups excluding carboxylic acids is 2. The average molecular weight is 379 g/mol. The van der Waals surface area contributed by atoms with Crippen LogP contribution in [0.3, 0.4) is 0 Å². The van der Waals surface area contributed by atoms with E-state index >= 15 is 0 Å². The Kier molecular flexibility index (Phi) is 4.79. The minimum Gasteiger partial charge on any atom is -0.497 e. The summed E-state index contributed by atoms with van der Waals surface area (Å²) in [6.07, 6.45) is 9.03. The van der Waals surface area contributed by atoms with E-state index in [0.29, 0.717) is 19.3 Å². The number of benzene rings is 1. The molecule has 1 aromatic rings. The maximum Gasteiger partial charge on any atom is 0.243 e. The highest BCUT2D eigenvalue weighted by molar-refractivity contribution is 5.97. The van der Waals surface area contributed by atoms with Crippen LogP contribution in [0.5, 0.6) is 5.75 Å². The van der Waals surface area contributed by atoms with E-state index in [1.165, 1.54) is 0 Å². The summed E-state index contributed by atoms with van der Waals surface area (Å²) in [7, 11) is 1.60. The van der Waals surface area contributed by atoms with Crippen molar-refractivity contribution in [3.8, 4) is 5.75 Å². The van der Waals surface area contributed by atoms with Crippen LogP contribution in [0.1, 0.15) is 31.2 Å². The monoisotopic (exact) mass is 379 g/mol. The standard InChI is InChI=1S/C22H25N3O3/c1-28-15-8-6-14(7-9-15)12-20(26)25-22(21(23)27)11-10-19-17(13-22)16-4-2-3-5-18(16)24-19/h2-3,5-9,16-17H,4,10-13H2,1H3,(H2,23,27)(H,25,26). The molecule has 0 radical (unpaired) electrons. The van der Waals surface area contributed by atoms with Crippen molar-refractivity contribution in [1.29, 1.82) is 0 Å². The highest BCUT2D eigenvalue weighted by Gasteiger charge is 2.49. The molecule has 1 aromatic carbocycles. The number of hydrogen-bond acceptors (Lipinski definition) is 4. The number of allylic oxidation sites excluding steroid dienone is 4. The van der Waals surface area contributed by atoms with E-state index in [-0.39, 0.29) is 24.2 Å². The lowest BCUT2D eigenvalue weighted by molar-refractivity contribution is -0.132. The van der Waals surface area contributed by atoms with Gasteiger partial charge in [0, 0.05) is 23.2 Å². The summed E-state index contributed by atoms with van der Waals surface area (Å²) in [4.78, 5) is 29.9. The molecule has 2 amide bonds. The lowest BCUT2D eigenvalue weighted by atomic mass is 9.69. The van der Waals surface area contributed by atoms with E-state index in [2.05, 4.69) is 11.4 Å². The van der Waals surface area contributed by atoms with Crippen LogP contribution >= 0.6 is 0 Å². The van der Waals surface area contributed by atoms with E-state index < -0.39 is 11.4 Å². The zero-order chi connectivity index (χ0) is 19.7. The third-order valence-electron chi connectivity index (χ3n) is 6.11. The maximum absolute atomic E-state index is 12.7. The fraction of sp³-hybridized carbons (Fsp3) is 0.409. The molecule has 6 heteroatoms. The van der Waals surface area contributed by atoms with Gasteiger partial charge in [-0.1, -0.05) is 24.3 Å². The van der Waals surface area contributed by atoms with Gasteiger partial charge in [0.25, 0.3) is 0 Å². The fourth-order valence-corrected chi connectivity index (χ4v) is 4.57.